The van der Waals surface area contributed by atoms with E-state index < -0.39 is 6.04 Å². The van der Waals surface area contributed by atoms with Crippen LogP contribution in [0.1, 0.15) is 11.6 Å². The maximum Gasteiger partial charge on any atom is 0.246 e. The molecule has 2 aromatic rings. The maximum absolute atomic E-state index is 11.7. The zero-order chi connectivity index (χ0) is 11.4. The molecule has 16 heavy (non-hydrogen) atoms. The van der Waals surface area contributed by atoms with Gasteiger partial charge < -0.3 is 15.6 Å². The minimum Gasteiger partial charge on any atom is -0.363 e. The summed E-state index contributed by atoms with van der Waals surface area (Å²) >= 11 is 0. The zero-order valence-electron chi connectivity index (χ0n) is 8.46. The van der Waals surface area contributed by atoms with Gasteiger partial charge in [0.25, 0.3) is 0 Å². The van der Waals surface area contributed by atoms with Gasteiger partial charge in [-0.3, -0.25) is 4.79 Å². The van der Waals surface area contributed by atoms with Crippen LogP contribution in [0.4, 0.5) is 5.69 Å². The number of nitrogens with two attached hydrogens (primary N) is 1. The highest BCUT2D eigenvalue weighted by atomic mass is 16.5. The summed E-state index contributed by atoms with van der Waals surface area (Å²) in [5.41, 5.74) is 7.05. The molecule has 82 valence electrons. The Morgan fingerprint density at radius 1 is 1.38 bits per heavy atom. The summed E-state index contributed by atoms with van der Waals surface area (Å²) in [6.45, 7) is 0. The molecule has 0 aliphatic rings. The number of hydrogen-bond acceptors (Lipinski definition) is 4. The molecule has 0 radical (unpaired) electrons. The van der Waals surface area contributed by atoms with Crippen LogP contribution in [0, 0.1) is 0 Å². The highest BCUT2D eigenvalue weighted by molar-refractivity contribution is 5.95. The van der Waals surface area contributed by atoms with Crippen molar-refractivity contribution in [1.82, 2.24) is 5.16 Å². The fourth-order valence-electron chi connectivity index (χ4n) is 1.30. The molecular weight excluding hydrogens is 206 g/mol. The fourth-order valence-corrected chi connectivity index (χ4v) is 1.30. The predicted molar refractivity (Wildman–Crippen MR) is 58.5 cm³/mol. The molecule has 0 saturated heterocycles. The second-order valence-electron chi connectivity index (χ2n) is 3.29. The molecule has 2 rings (SSSR count). The van der Waals surface area contributed by atoms with Crippen LogP contribution in [-0.4, -0.2) is 11.1 Å². The van der Waals surface area contributed by atoms with E-state index >= 15 is 0 Å². The van der Waals surface area contributed by atoms with Gasteiger partial charge in [0.2, 0.25) is 5.91 Å². The van der Waals surface area contributed by atoms with Crippen molar-refractivity contribution in [2.45, 2.75) is 6.04 Å². The van der Waals surface area contributed by atoms with Gasteiger partial charge in [-0.05, 0) is 5.56 Å². The van der Waals surface area contributed by atoms with Crippen molar-refractivity contribution in [3.8, 4) is 0 Å². The monoisotopic (exact) mass is 217 g/mol. The summed E-state index contributed by atoms with van der Waals surface area (Å²) in [6, 6.07) is 8.45. The minimum atomic E-state index is -0.698. The van der Waals surface area contributed by atoms with Gasteiger partial charge in [0.05, 0.1) is 6.20 Å². The third kappa shape index (κ3) is 2.26. The lowest BCUT2D eigenvalue weighted by Crippen LogP contribution is -2.27. The molecule has 1 aromatic carbocycles. The van der Waals surface area contributed by atoms with Gasteiger partial charge in [0.15, 0.2) is 0 Å². The lowest BCUT2D eigenvalue weighted by atomic mass is 10.1. The van der Waals surface area contributed by atoms with Crippen molar-refractivity contribution < 1.29 is 9.32 Å². The van der Waals surface area contributed by atoms with E-state index in [0.29, 0.717) is 5.69 Å². The van der Waals surface area contributed by atoms with Gasteiger partial charge in [-0.2, -0.15) is 0 Å². The van der Waals surface area contributed by atoms with Crippen molar-refractivity contribution in [3.05, 3.63) is 48.4 Å². The molecule has 5 heteroatoms. The van der Waals surface area contributed by atoms with Crippen LogP contribution < -0.4 is 11.1 Å². The Morgan fingerprint density at radius 3 is 2.75 bits per heavy atom. The summed E-state index contributed by atoms with van der Waals surface area (Å²) in [7, 11) is 0. The number of anilines is 1. The van der Waals surface area contributed by atoms with Crippen LogP contribution in [0.5, 0.6) is 0 Å². The molecule has 1 heterocycles. The van der Waals surface area contributed by atoms with Crippen molar-refractivity contribution >= 4 is 11.6 Å². The second-order valence-corrected chi connectivity index (χ2v) is 3.29. The number of aromatic nitrogens is 1. The van der Waals surface area contributed by atoms with Gasteiger partial charge in [-0.15, -0.1) is 0 Å². The molecule has 0 fully saturated rings. The number of rotatable bonds is 3. The zero-order valence-corrected chi connectivity index (χ0v) is 8.46. The number of hydrogen-bond donors (Lipinski definition) is 2. The molecule has 0 bridgehead atoms. The Balaban J connectivity index is 2.05. The smallest absolute Gasteiger partial charge is 0.246 e. The van der Waals surface area contributed by atoms with E-state index in [1.54, 1.807) is 12.1 Å². The van der Waals surface area contributed by atoms with Crippen LogP contribution in [-0.2, 0) is 4.79 Å². The van der Waals surface area contributed by atoms with Crippen molar-refractivity contribution in [2.24, 2.45) is 5.73 Å². The summed E-state index contributed by atoms with van der Waals surface area (Å²) < 4.78 is 4.60. The standard InChI is InChI=1S/C11H11N3O2/c12-10(8-4-2-1-3-5-8)11(15)14-9-6-13-16-7-9/h1-7,10H,12H2,(H,14,15). The Kier molecular flexibility index (Phi) is 2.98. The minimum absolute atomic E-state index is 0.297. The molecule has 1 amide bonds. The molecule has 0 spiro atoms. The predicted octanol–water partition coefficient (Wildman–Crippen LogP) is 1.31. The largest absolute Gasteiger partial charge is 0.363 e. The van der Waals surface area contributed by atoms with E-state index in [1.165, 1.54) is 12.5 Å². The third-order valence-electron chi connectivity index (χ3n) is 2.14. The number of carbonyl (C=O) groups excluding carboxylic acids is 1. The Morgan fingerprint density at radius 2 is 2.12 bits per heavy atom. The van der Waals surface area contributed by atoms with Crippen LogP contribution >= 0.6 is 0 Å². The van der Waals surface area contributed by atoms with Crippen LogP contribution in [0.25, 0.3) is 0 Å². The fraction of sp³-hybridized carbons (Fsp3) is 0.0909. The van der Waals surface area contributed by atoms with Gasteiger partial charge in [-0.25, -0.2) is 0 Å². The van der Waals surface area contributed by atoms with Crippen molar-refractivity contribution in [2.75, 3.05) is 5.32 Å². The molecule has 0 aliphatic heterocycles. The second kappa shape index (κ2) is 4.59. The van der Waals surface area contributed by atoms with E-state index in [4.69, 9.17) is 5.73 Å². The first-order chi connectivity index (χ1) is 7.77. The Labute approximate surface area is 92.2 Å². The van der Waals surface area contributed by atoms with Crippen molar-refractivity contribution in [3.63, 3.8) is 0 Å². The number of amides is 1. The van der Waals surface area contributed by atoms with Crippen LogP contribution in [0.2, 0.25) is 0 Å². The maximum atomic E-state index is 11.7. The molecular formula is C11H11N3O2. The molecule has 0 aliphatic carbocycles. The van der Waals surface area contributed by atoms with Gasteiger partial charge in [0, 0.05) is 0 Å². The molecule has 1 atom stereocenters. The van der Waals surface area contributed by atoms with Gasteiger partial charge in [0.1, 0.15) is 18.0 Å². The summed E-state index contributed by atoms with van der Waals surface area (Å²) in [6.07, 6.45) is 2.76. The van der Waals surface area contributed by atoms with Gasteiger partial charge in [-0.1, -0.05) is 35.5 Å². The van der Waals surface area contributed by atoms with E-state index in [-0.39, 0.29) is 5.91 Å². The Hall–Kier alpha value is -2.14. The van der Waals surface area contributed by atoms with E-state index in [0.717, 1.165) is 5.56 Å². The SMILES string of the molecule is NC(C(=O)Nc1cnoc1)c1ccccc1. The molecule has 5 nitrogen and oxygen atoms in total. The average Bonchev–Trinajstić information content (AvgIpc) is 2.82. The molecule has 0 saturated carbocycles. The van der Waals surface area contributed by atoms with Crippen molar-refractivity contribution in [1.29, 1.82) is 0 Å². The Bertz CT molecular complexity index is 453. The highest BCUT2D eigenvalue weighted by Crippen LogP contribution is 2.12. The van der Waals surface area contributed by atoms with Crippen LogP contribution in [0.15, 0.2) is 47.3 Å². The lowest BCUT2D eigenvalue weighted by molar-refractivity contribution is -0.117. The van der Waals surface area contributed by atoms with E-state index in [9.17, 15) is 4.79 Å². The number of nitrogens with zero attached hydrogens (tertiary/aromatic N) is 1. The lowest BCUT2D eigenvalue weighted by Gasteiger charge is -2.10. The number of carbonyl (C=O) groups is 1. The molecule has 1 unspecified atom stereocenters. The highest BCUT2D eigenvalue weighted by Gasteiger charge is 2.15. The summed E-state index contributed by atoms with van der Waals surface area (Å²) in [5, 5.41) is 6.08. The first kappa shape index (κ1) is 10.4. The van der Waals surface area contributed by atoms with E-state index in [2.05, 4.69) is 15.0 Å². The van der Waals surface area contributed by atoms with E-state index in [1.807, 2.05) is 18.2 Å². The first-order valence-corrected chi connectivity index (χ1v) is 4.78. The normalized spacial score (nSPS) is 12.1. The first-order valence-electron chi connectivity index (χ1n) is 4.78. The van der Waals surface area contributed by atoms with Crippen LogP contribution in [0.3, 0.4) is 0 Å². The summed E-state index contributed by atoms with van der Waals surface area (Å²) in [5.74, 6) is -0.297. The molecule has 1 aromatic heterocycles. The topological polar surface area (TPSA) is 81.2 Å². The number of benzene rings is 1. The average molecular weight is 217 g/mol. The molecule has 3 N–H and O–H groups in total. The summed E-state index contributed by atoms with van der Waals surface area (Å²) in [4.78, 5) is 11.7. The number of nitrogens with one attached hydrogen (secondary N) is 1. The quantitative estimate of drug-likeness (QED) is 0.812. The third-order valence-corrected chi connectivity index (χ3v) is 2.14. The van der Waals surface area contributed by atoms with Gasteiger partial charge >= 0.3 is 0 Å².